The predicted molar refractivity (Wildman–Crippen MR) is 348 cm³/mol. The van der Waals surface area contributed by atoms with Gasteiger partial charge < -0.3 is 89.2 Å². The van der Waals surface area contributed by atoms with Crippen LogP contribution in [0.2, 0.25) is 0 Å². The lowest BCUT2D eigenvalue weighted by atomic mass is 9.94. The minimum atomic E-state index is -0.553. The van der Waals surface area contributed by atoms with Gasteiger partial charge in [-0.25, -0.2) is 4.79 Å². The van der Waals surface area contributed by atoms with E-state index in [2.05, 4.69) is 62.0 Å². The number of guanidine groups is 4. The SMILES string of the molecule is CCOc1cc(OC)ccc1C1=NC(c2ccc(Br)cc2)C(c2ccc(Br)cc2)N1C(=O)N1CCN(CCOC(=O)CCC(=O)NCc2ccc(-c3cccc(OCCN=C(N)N)c3OCCN=C(N)N)c(OCCN=C(N)N)c2OCCN=C(N)N)CC1. The molecule has 5 aromatic carbocycles. The Balaban J connectivity index is 1.01. The van der Waals surface area contributed by atoms with Gasteiger partial charge in [-0.15, -0.1) is 0 Å². The number of ether oxygens (including phenoxy) is 7. The normalized spacial score (nSPS) is 14.5. The van der Waals surface area contributed by atoms with Gasteiger partial charge in [0, 0.05) is 77.4 Å². The summed E-state index contributed by atoms with van der Waals surface area (Å²) in [4.78, 5) is 69.1. The molecule has 27 nitrogen and oxygen atoms in total. The number of carbonyl (C=O) groups excluding carboxylic acids is 3. The van der Waals surface area contributed by atoms with Crippen molar-refractivity contribution < 1.29 is 47.5 Å². The Hall–Kier alpha value is -9.22. The molecule has 5 aromatic rings. The molecule has 0 spiro atoms. The first kappa shape index (κ1) is 67.3. The van der Waals surface area contributed by atoms with Crippen molar-refractivity contribution in [1.82, 2.24) is 20.0 Å². The molecule has 17 N–H and O–H groups in total. The monoisotopic (exact) mass is 1350 g/mol. The van der Waals surface area contributed by atoms with Crippen molar-refractivity contribution >= 4 is 79.4 Å². The van der Waals surface area contributed by atoms with E-state index in [0.717, 1.165) is 20.1 Å². The molecule has 29 heteroatoms. The van der Waals surface area contributed by atoms with Crippen LogP contribution in [-0.2, 0) is 20.9 Å². The summed E-state index contributed by atoms with van der Waals surface area (Å²) >= 11 is 7.16. The average molecular weight is 1360 g/mol. The van der Waals surface area contributed by atoms with Crippen LogP contribution in [0.5, 0.6) is 34.5 Å². The van der Waals surface area contributed by atoms with Crippen LogP contribution in [-0.4, -0.2) is 168 Å². The van der Waals surface area contributed by atoms with Crippen LogP contribution in [0.3, 0.4) is 0 Å². The minimum Gasteiger partial charge on any atom is -0.497 e. The quantitative estimate of drug-likeness (QED) is 0.0132. The number of methoxy groups -OCH3 is 1. The van der Waals surface area contributed by atoms with Crippen molar-refractivity contribution in [2.24, 2.45) is 70.8 Å². The molecular formula is C60H77Br2N17O10. The lowest BCUT2D eigenvalue weighted by molar-refractivity contribution is -0.145. The van der Waals surface area contributed by atoms with Gasteiger partial charge in [-0.3, -0.25) is 44.4 Å². The maximum Gasteiger partial charge on any atom is 0.326 e. The fourth-order valence-electron chi connectivity index (χ4n) is 9.66. The van der Waals surface area contributed by atoms with Crippen molar-refractivity contribution in [3.05, 3.63) is 128 Å². The summed E-state index contributed by atoms with van der Waals surface area (Å²) in [5.74, 6) is 1.23. The van der Waals surface area contributed by atoms with Crippen molar-refractivity contribution in [1.29, 1.82) is 0 Å². The number of nitrogens with two attached hydrogens (primary N) is 8. The smallest absolute Gasteiger partial charge is 0.326 e. The highest BCUT2D eigenvalue weighted by Gasteiger charge is 2.45. The molecule has 0 saturated carbocycles. The van der Waals surface area contributed by atoms with E-state index in [-0.39, 0.29) is 120 Å². The molecule has 2 unspecified atom stereocenters. The molecule has 1 saturated heterocycles. The molecule has 3 amide bonds. The Morgan fingerprint density at radius 2 is 1.15 bits per heavy atom. The number of carbonyl (C=O) groups is 3. The molecule has 2 atom stereocenters. The maximum atomic E-state index is 15.2. The highest BCUT2D eigenvalue weighted by Crippen LogP contribution is 2.48. The molecule has 0 bridgehead atoms. The van der Waals surface area contributed by atoms with Crippen molar-refractivity contribution in [3.63, 3.8) is 0 Å². The van der Waals surface area contributed by atoms with Crippen LogP contribution >= 0.6 is 31.9 Å². The zero-order valence-corrected chi connectivity index (χ0v) is 52.8. The van der Waals surface area contributed by atoms with Gasteiger partial charge in [-0.05, 0) is 66.6 Å². The molecule has 0 radical (unpaired) electrons. The van der Waals surface area contributed by atoms with Gasteiger partial charge >= 0.3 is 12.0 Å². The minimum absolute atomic E-state index is 0.0137. The number of nitrogens with zero attached hydrogens (tertiary/aromatic N) is 8. The third-order valence-corrected chi connectivity index (χ3v) is 14.8. The molecule has 1 fully saturated rings. The van der Waals surface area contributed by atoms with Gasteiger partial charge in [0.25, 0.3) is 0 Å². The zero-order chi connectivity index (χ0) is 63.8. The Morgan fingerprint density at radius 3 is 1.73 bits per heavy atom. The number of hydrogen-bond donors (Lipinski definition) is 9. The van der Waals surface area contributed by atoms with Crippen molar-refractivity contribution in [2.75, 3.05) is 106 Å². The summed E-state index contributed by atoms with van der Waals surface area (Å²) < 4.78 is 44.3. The summed E-state index contributed by atoms with van der Waals surface area (Å²) in [5, 5.41) is 2.89. The summed E-state index contributed by atoms with van der Waals surface area (Å²) in [5.41, 5.74) is 48.8. The van der Waals surface area contributed by atoms with E-state index in [9.17, 15) is 9.59 Å². The number of urea groups is 1. The van der Waals surface area contributed by atoms with Crippen molar-refractivity contribution in [3.8, 4) is 45.6 Å². The van der Waals surface area contributed by atoms with Crippen molar-refractivity contribution in [2.45, 2.75) is 38.4 Å². The standard InChI is InChI=1S/C60H77Br2N17O10/c1-3-84-47-35-42(83-2)16-18-45(47)55-76-50(37-7-12-40(61)13-8-37)51(38-9-14-41(62)15-10-38)79(55)60(82)78-27-25-77(26-28-78)29-34-86-49(81)20-19-48(80)75-36-39-11-17-44(54(89-33-24-74-59(69)70)52(39)87-31-22-72-57(65)66)43-5-4-6-46(85-30-21-71-56(63)64)53(43)88-32-23-73-58(67)68/h4-18,35,50-51H,3,19-34,36H2,1-2H3,(H,75,80)(H4,63,64,71)(H4,65,66,72)(H4,67,68,73)(H4,69,70,74). The number of rotatable bonds is 31. The predicted octanol–water partition coefficient (Wildman–Crippen LogP) is 3.82. The van der Waals surface area contributed by atoms with Gasteiger partial charge in [-0.1, -0.05) is 74.3 Å². The number of amidine groups is 1. The number of aliphatic imine (C=N–C) groups is 5. The van der Waals surface area contributed by atoms with E-state index in [1.54, 1.807) is 42.3 Å². The van der Waals surface area contributed by atoms with Crippen LogP contribution in [0.25, 0.3) is 11.1 Å². The first-order valence-corrected chi connectivity index (χ1v) is 30.2. The van der Waals surface area contributed by atoms with Gasteiger partial charge in [0.15, 0.2) is 46.8 Å². The molecule has 2 aliphatic heterocycles. The highest BCUT2D eigenvalue weighted by molar-refractivity contribution is 9.10. The van der Waals surface area contributed by atoms with E-state index in [0.29, 0.717) is 90.4 Å². The molecule has 0 aliphatic carbocycles. The first-order valence-electron chi connectivity index (χ1n) is 28.6. The van der Waals surface area contributed by atoms with E-state index in [1.165, 1.54) is 0 Å². The topological polar surface area (TPSA) is 408 Å². The largest absolute Gasteiger partial charge is 0.497 e. The van der Waals surface area contributed by atoms with E-state index < -0.39 is 24.0 Å². The Bertz CT molecular complexity index is 3350. The maximum absolute atomic E-state index is 15.2. The van der Waals surface area contributed by atoms with Gasteiger partial charge in [0.05, 0.1) is 57.9 Å². The first-order chi connectivity index (χ1) is 42.9. The van der Waals surface area contributed by atoms with Crippen LogP contribution in [0.15, 0.2) is 131 Å². The fraction of sp³-hybridized carbons (Fsp3) is 0.367. The van der Waals surface area contributed by atoms with Crippen LogP contribution in [0.4, 0.5) is 4.79 Å². The molecule has 89 heavy (non-hydrogen) atoms. The third kappa shape index (κ3) is 19.6. The Labute approximate surface area is 533 Å². The molecule has 2 aliphatic rings. The Kier molecular flexibility index (Phi) is 25.5. The third-order valence-electron chi connectivity index (χ3n) is 13.8. The number of piperazine rings is 1. The number of nitrogens with one attached hydrogen (secondary N) is 1. The van der Waals surface area contributed by atoms with Crippen LogP contribution < -0.4 is 79.6 Å². The number of esters is 1. The molecule has 7 rings (SSSR count). The van der Waals surface area contributed by atoms with Gasteiger partial charge in [0.1, 0.15) is 56.4 Å². The Morgan fingerprint density at radius 1 is 0.596 bits per heavy atom. The highest BCUT2D eigenvalue weighted by atomic mass is 79.9. The zero-order valence-electron chi connectivity index (χ0n) is 49.7. The lowest BCUT2D eigenvalue weighted by Crippen LogP contribution is -2.54. The molecule has 476 valence electrons. The summed E-state index contributed by atoms with van der Waals surface area (Å²) in [6.45, 7) is 5.07. The second-order valence-corrected chi connectivity index (χ2v) is 21.7. The van der Waals surface area contributed by atoms with E-state index >= 15 is 4.79 Å². The molecular weight excluding hydrogens is 1280 g/mol. The van der Waals surface area contributed by atoms with E-state index in [4.69, 9.17) is 84.0 Å². The number of para-hydroxylation sites is 1. The molecule has 2 heterocycles. The van der Waals surface area contributed by atoms with Crippen LogP contribution in [0, 0.1) is 0 Å². The lowest BCUT2D eigenvalue weighted by Gasteiger charge is -2.39. The molecule has 0 aromatic heterocycles. The number of halogens is 2. The van der Waals surface area contributed by atoms with Gasteiger partial charge in [0.2, 0.25) is 5.91 Å². The number of amides is 3. The average Bonchev–Trinajstić information content (AvgIpc) is 1.66. The van der Waals surface area contributed by atoms with E-state index in [1.807, 2.05) is 78.6 Å². The van der Waals surface area contributed by atoms with Crippen LogP contribution in [0.1, 0.15) is 54.1 Å². The second kappa shape index (κ2) is 33.8. The number of benzene rings is 5. The fourth-order valence-corrected chi connectivity index (χ4v) is 10.2. The number of hydrogen-bond acceptors (Lipinski definition) is 16. The summed E-state index contributed by atoms with van der Waals surface area (Å²) in [6, 6.07) is 29.0. The van der Waals surface area contributed by atoms with Gasteiger partial charge in [-0.2, -0.15) is 0 Å². The summed E-state index contributed by atoms with van der Waals surface area (Å²) in [7, 11) is 1.59. The second-order valence-electron chi connectivity index (χ2n) is 19.9. The summed E-state index contributed by atoms with van der Waals surface area (Å²) in [6.07, 6.45) is -0.366.